The Kier molecular flexibility index (Phi) is 6.31. The zero-order valence-corrected chi connectivity index (χ0v) is 18.5. The van der Waals surface area contributed by atoms with Gasteiger partial charge in [-0.05, 0) is 29.7 Å². The summed E-state index contributed by atoms with van der Waals surface area (Å²) in [6, 6.07) is 20.7. The van der Waals surface area contributed by atoms with E-state index in [1.807, 2.05) is 67.6 Å². The number of pyridine rings is 1. The van der Waals surface area contributed by atoms with Crippen LogP contribution >= 0.6 is 0 Å². The quantitative estimate of drug-likeness (QED) is 0.438. The average molecular weight is 446 g/mol. The molecule has 2 heterocycles. The summed E-state index contributed by atoms with van der Waals surface area (Å²) in [4.78, 5) is 26.3. The van der Waals surface area contributed by atoms with Crippen LogP contribution in [0.25, 0.3) is 11.1 Å². The second-order valence-electron chi connectivity index (χ2n) is 8.39. The molecule has 0 spiro atoms. The maximum atomic E-state index is 13.1. The number of benzene rings is 2. The lowest BCUT2D eigenvalue weighted by molar-refractivity contribution is -0.604. The van der Waals surface area contributed by atoms with Crippen LogP contribution in [0.4, 0.5) is 4.79 Å². The molecule has 33 heavy (non-hydrogen) atoms. The fraction of sp³-hybridized carbons (Fsp3) is 0.269. The van der Waals surface area contributed by atoms with Gasteiger partial charge in [-0.25, -0.2) is 4.79 Å². The normalized spacial score (nSPS) is 19.1. The zero-order valence-electron chi connectivity index (χ0n) is 18.5. The van der Waals surface area contributed by atoms with Gasteiger partial charge in [0, 0.05) is 37.4 Å². The number of rotatable bonds is 7. The van der Waals surface area contributed by atoms with Gasteiger partial charge in [-0.1, -0.05) is 54.6 Å². The molecule has 1 fully saturated rings. The van der Waals surface area contributed by atoms with E-state index < -0.39 is 17.6 Å². The van der Waals surface area contributed by atoms with Crippen molar-refractivity contribution < 1.29 is 19.1 Å². The predicted octanol–water partition coefficient (Wildman–Crippen LogP) is 4.05. The third-order valence-electron chi connectivity index (χ3n) is 6.32. The standard InChI is InChI=1S/C26H27N3O4/c1-19(20-9-11-21(12-10-20)22-6-5-16-28(32)18-22)29-17-15-26(33-25(29)31,14-13-24(27)30)23-7-3-2-4-8-23/h2-12,16,18-19H,13-15,17H2,1H3,(H2,27,30). The van der Waals surface area contributed by atoms with Crippen LogP contribution in [-0.2, 0) is 15.1 Å². The largest absolute Gasteiger partial charge is 0.619 e. The molecule has 2 amide bonds. The Hall–Kier alpha value is -3.87. The molecule has 0 saturated carbocycles. The van der Waals surface area contributed by atoms with E-state index >= 15 is 0 Å². The van der Waals surface area contributed by atoms with Gasteiger partial charge in [0.2, 0.25) is 5.91 Å². The summed E-state index contributed by atoms with van der Waals surface area (Å²) in [7, 11) is 0. The van der Waals surface area contributed by atoms with Gasteiger partial charge in [0.1, 0.15) is 5.60 Å². The van der Waals surface area contributed by atoms with E-state index in [1.54, 1.807) is 11.0 Å². The summed E-state index contributed by atoms with van der Waals surface area (Å²) in [5.41, 5.74) is 8.10. The number of hydrogen-bond acceptors (Lipinski definition) is 4. The van der Waals surface area contributed by atoms with Crippen molar-refractivity contribution in [3.8, 4) is 11.1 Å². The summed E-state index contributed by atoms with van der Waals surface area (Å²) < 4.78 is 6.78. The van der Waals surface area contributed by atoms with Gasteiger partial charge in [0.25, 0.3) is 0 Å². The first-order valence-electron chi connectivity index (χ1n) is 11.0. The average Bonchev–Trinajstić information content (AvgIpc) is 2.83. The second-order valence-corrected chi connectivity index (χ2v) is 8.39. The first-order chi connectivity index (χ1) is 15.9. The van der Waals surface area contributed by atoms with Crippen LogP contribution in [0.15, 0.2) is 79.1 Å². The second kappa shape index (κ2) is 9.32. The summed E-state index contributed by atoms with van der Waals surface area (Å²) in [5.74, 6) is -0.418. The van der Waals surface area contributed by atoms with Gasteiger partial charge < -0.3 is 20.6 Å². The Balaban J connectivity index is 1.51. The van der Waals surface area contributed by atoms with Gasteiger partial charge in [0.05, 0.1) is 6.04 Å². The monoisotopic (exact) mass is 445 g/mol. The maximum Gasteiger partial charge on any atom is 0.411 e. The van der Waals surface area contributed by atoms with Crippen LogP contribution in [0.2, 0.25) is 0 Å². The van der Waals surface area contributed by atoms with Crippen LogP contribution in [-0.4, -0.2) is 23.4 Å². The molecule has 2 atom stereocenters. The fourth-order valence-corrected chi connectivity index (χ4v) is 4.37. The Labute approximate surface area is 193 Å². The lowest BCUT2D eigenvalue weighted by Crippen LogP contribution is -2.49. The number of cyclic esters (lactones) is 1. The van der Waals surface area contributed by atoms with Gasteiger partial charge in [-0.2, -0.15) is 4.73 Å². The van der Waals surface area contributed by atoms with Crippen LogP contribution < -0.4 is 10.5 Å². The number of carbonyl (C=O) groups is 2. The Bertz CT molecular complexity index is 1130. The van der Waals surface area contributed by atoms with Crippen LogP contribution in [0.1, 0.15) is 43.4 Å². The SMILES string of the molecule is CC(c1ccc(-c2ccc[n+]([O-])c2)cc1)N1CCC(CCC(N)=O)(c2ccccc2)OC1=O. The van der Waals surface area contributed by atoms with Crippen molar-refractivity contribution in [2.24, 2.45) is 5.73 Å². The molecule has 7 heteroatoms. The van der Waals surface area contributed by atoms with Crippen molar-refractivity contribution in [2.75, 3.05) is 6.54 Å². The van der Waals surface area contributed by atoms with Crippen molar-refractivity contribution in [1.29, 1.82) is 0 Å². The third-order valence-corrected chi connectivity index (χ3v) is 6.32. The fourth-order valence-electron chi connectivity index (χ4n) is 4.37. The molecule has 0 bridgehead atoms. The zero-order chi connectivity index (χ0) is 23.4. The van der Waals surface area contributed by atoms with Gasteiger partial charge in [-0.15, -0.1) is 0 Å². The summed E-state index contributed by atoms with van der Waals surface area (Å²) in [6.45, 7) is 2.45. The number of nitrogens with zero attached hydrogens (tertiary/aromatic N) is 2. The molecule has 0 aliphatic carbocycles. The summed E-state index contributed by atoms with van der Waals surface area (Å²) >= 11 is 0. The number of primary amides is 1. The molecule has 2 N–H and O–H groups in total. The molecule has 170 valence electrons. The first kappa shape index (κ1) is 22.3. The van der Waals surface area contributed by atoms with E-state index in [-0.39, 0.29) is 12.5 Å². The van der Waals surface area contributed by atoms with Crippen molar-refractivity contribution >= 4 is 12.0 Å². The lowest BCUT2D eigenvalue weighted by atomic mass is 9.84. The molecular weight excluding hydrogens is 418 g/mol. The topological polar surface area (TPSA) is 99.6 Å². The minimum atomic E-state index is -0.867. The van der Waals surface area contributed by atoms with E-state index in [2.05, 4.69) is 0 Å². The van der Waals surface area contributed by atoms with Crippen molar-refractivity contribution in [1.82, 2.24) is 4.90 Å². The molecule has 7 nitrogen and oxygen atoms in total. The summed E-state index contributed by atoms with van der Waals surface area (Å²) in [5, 5.41) is 11.6. The molecule has 1 aliphatic rings. The highest BCUT2D eigenvalue weighted by atomic mass is 16.6. The molecule has 3 aromatic rings. The van der Waals surface area contributed by atoms with Crippen molar-refractivity contribution in [3.63, 3.8) is 0 Å². The highest BCUT2D eigenvalue weighted by Crippen LogP contribution is 2.40. The molecule has 1 saturated heterocycles. The number of carbonyl (C=O) groups excluding carboxylic acids is 2. The van der Waals surface area contributed by atoms with Gasteiger partial charge in [0.15, 0.2) is 12.4 Å². The Morgan fingerprint density at radius 1 is 1.12 bits per heavy atom. The first-order valence-corrected chi connectivity index (χ1v) is 11.0. The third kappa shape index (κ3) is 4.82. The van der Waals surface area contributed by atoms with Crippen LogP contribution in [0, 0.1) is 5.21 Å². The minimum Gasteiger partial charge on any atom is -0.619 e. The van der Waals surface area contributed by atoms with Crippen LogP contribution in [0.3, 0.4) is 0 Å². The molecule has 1 aromatic heterocycles. The van der Waals surface area contributed by atoms with Crippen molar-refractivity contribution in [2.45, 2.75) is 37.8 Å². The molecule has 2 unspecified atom stereocenters. The molecule has 2 aromatic carbocycles. The molecular formula is C26H27N3O4. The summed E-state index contributed by atoms with van der Waals surface area (Å²) in [6.07, 6.45) is 3.61. The van der Waals surface area contributed by atoms with E-state index in [0.29, 0.717) is 19.4 Å². The number of hydrogen-bond donors (Lipinski definition) is 1. The Morgan fingerprint density at radius 2 is 1.85 bits per heavy atom. The van der Waals surface area contributed by atoms with Crippen molar-refractivity contribution in [3.05, 3.63) is 95.5 Å². The van der Waals surface area contributed by atoms with E-state index in [0.717, 1.165) is 27.0 Å². The van der Waals surface area contributed by atoms with E-state index in [9.17, 15) is 14.8 Å². The predicted molar refractivity (Wildman–Crippen MR) is 124 cm³/mol. The highest BCUT2D eigenvalue weighted by molar-refractivity contribution is 5.74. The molecule has 1 aliphatic heterocycles. The maximum absolute atomic E-state index is 13.1. The minimum absolute atomic E-state index is 0.141. The smallest absolute Gasteiger partial charge is 0.411 e. The number of aromatic nitrogens is 1. The number of amides is 2. The van der Waals surface area contributed by atoms with E-state index in [4.69, 9.17) is 10.5 Å². The number of ether oxygens (including phenoxy) is 1. The number of nitrogens with two attached hydrogens (primary N) is 1. The molecule has 4 rings (SSSR count). The Morgan fingerprint density at radius 3 is 2.48 bits per heavy atom. The molecule has 0 radical (unpaired) electrons. The van der Waals surface area contributed by atoms with E-state index in [1.165, 1.54) is 12.4 Å². The van der Waals surface area contributed by atoms with Gasteiger partial charge >= 0.3 is 6.09 Å². The van der Waals surface area contributed by atoms with Crippen LogP contribution in [0.5, 0.6) is 0 Å². The lowest BCUT2D eigenvalue weighted by Gasteiger charge is -2.43. The highest BCUT2D eigenvalue weighted by Gasteiger charge is 2.43. The van der Waals surface area contributed by atoms with Gasteiger partial charge in [-0.3, -0.25) is 4.79 Å².